The number of hydrogen-bond donors (Lipinski definition) is 0. The molecule has 0 aromatic heterocycles. The highest BCUT2D eigenvalue weighted by atomic mass is 19.1. The summed E-state index contributed by atoms with van der Waals surface area (Å²) in [5, 5.41) is 0. The molecule has 4 heteroatoms. The molecule has 0 aliphatic rings. The van der Waals surface area contributed by atoms with E-state index in [1.54, 1.807) is 24.3 Å². The van der Waals surface area contributed by atoms with Gasteiger partial charge in [-0.15, -0.1) is 0 Å². The van der Waals surface area contributed by atoms with Gasteiger partial charge in [0.15, 0.2) is 23.1 Å². The molecule has 0 saturated carbocycles. The molecule has 0 amide bonds. The molecule has 0 aliphatic carbocycles. The summed E-state index contributed by atoms with van der Waals surface area (Å²) in [6.45, 7) is 5.20. The molecule has 0 N–H and O–H groups in total. The molecule has 0 saturated heterocycles. The molecule has 0 spiro atoms. The largest absolute Gasteiger partial charge is 0.491 e. The summed E-state index contributed by atoms with van der Waals surface area (Å²) < 4.78 is 39.3. The molecule has 2 aromatic rings. The van der Waals surface area contributed by atoms with E-state index < -0.39 is 11.6 Å². The van der Waals surface area contributed by atoms with E-state index in [1.807, 2.05) is 0 Å². The topological polar surface area (TPSA) is 18.5 Å². The molecular weight excluding hydrogens is 334 g/mol. The zero-order chi connectivity index (χ0) is 18.8. The van der Waals surface area contributed by atoms with Crippen LogP contribution in [0.4, 0.5) is 8.78 Å². The second-order valence-corrected chi connectivity index (χ2v) is 6.40. The molecule has 0 bridgehead atoms. The van der Waals surface area contributed by atoms with Gasteiger partial charge in [-0.1, -0.05) is 51.7 Å². The minimum Gasteiger partial charge on any atom is -0.491 e. The maximum atomic E-state index is 14.3. The first-order valence-electron chi connectivity index (χ1n) is 9.50. The summed E-state index contributed by atoms with van der Waals surface area (Å²) >= 11 is 0. The highest BCUT2D eigenvalue weighted by Crippen LogP contribution is 2.29. The molecule has 0 unspecified atom stereocenters. The Morgan fingerprint density at radius 3 is 1.62 bits per heavy atom. The average molecular weight is 362 g/mol. The minimum atomic E-state index is -0.435. The molecule has 2 aromatic carbocycles. The van der Waals surface area contributed by atoms with Crippen molar-refractivity contribution in [1.29, 1.82) is 0 Å². The number of ether oxygens (including phenoxy) is 2. The average Bonchev–Trinajstić information content (AvgIpc) is 2.64. The molecule has 0 aliphatic heterocycles. The van der Waals surface area contributed by atoms with E-state index in [2.05, 4.69) is 13.8 Å². The van der Waals surface area contributed by atoms with Crippen molar-refractivity contribution in [2.45, 2.75) is 52.4 Å². The molecule has 26 heavy (non-hydrogen) atoms. The lowest BCUT2D eigenvalue weighted by Crippen LogP contribution is -2.00. The predicted molar refractivity (Wildman–Crippen MR) is 102 cm³/mol. The number of unbranched alkanes of at least 4 members (excludes halogenated alkanes) is 4. The molecular formula is C22H28F2O2. The number of benzene rings is 2. The van der Waals surface area contributed by atoms with Gasteiger partial charge in [0.2, 0.25) is 0 Å². The Kier molecular flexibility index (Phi) is 8.39. The van der Waals surface area contributed by atoms with Crippen molar-refractivity contribution < 1.29 is 18.3 Å². The highest BCUT2D eigenvalue weighted by molar-refractivity contribution is 5.65. The Morgan fingerprint density at radius 1 is 0.654 bits per heavy atom. The fraction of sp³-hybridized carbons (Fsp3) is 0.455. The Labute approximate surface area is 155 Å². The van der Waals surface area contributed by atoms with Crippen molar-refractivity contribution in [2.24, 2.45) is 0 Å². The molecule has 2 rings (SSSR count). The Morgan fingerprint density at radius 2 is 1.15 bits per heavy atom. The third kappa shape index (κ3) is 6.01. The van der Waals surface area contributed by atoms with Crippen LogP contribution in [0.15, 0.2) is 36.4 Å². The van der Waals surface area contributed by atoms with Crippen LogP contribution in [0.2, 0.25) is 0 Å². The molecule has 0 heterocycles. The lowest BCUT2D eigenvalue weighted by molar-refractivity contribution is 0.290. The van der Waals surface area contributed by atoms with Crippen LogP contribution in [0, 0.1) is 11.6 Å². The second kappa shape index (κ2) is 10.8. The van der Waals surface area contributed by atoms with Crippen LogP contribution in [0.25, 0.3) is 11.1 Å². The van der Waals surface area contributed by atoms with Gasteiger partial charge in [-0.25, -0.2) is 8.78 Å². The maximum Gasteiger partial charge on any atom is 0.165 e. The number of halogens is 2. The first-order valence-corrected chi connectivity index (χ1v) is 9.50. The zero-order valence-corrected chi connectivity index (χ0v) is 15.7. The van der Waals surface area contributed by atoms with Crippen LogP contribution in [0.3, 0.4) is 0 Å². The van der Waals surface area contributed by atoms with E-state index in [-0.39, 0.29) is 11.5 Å². The van der Waals surface area contributed by atoms with Crippen molar-refractivity contribution in [1.82, 2.24) is 0 Å². The van der Waals surface area contributed by atoms with Gasteiger partial charge in [0, 0.05) is 0 Å². The summed E-state index contributed by atoms with van der Waals surface area (Å²) in [6, 6.07) is 9.45. The first kappa shape index (κ1) is 20.2. The third-order valence-corrected chi connectivity index (χ3v) is 4.21. The summed E-state index contributed by atoms with van der Waals surface area (Å²) in [6.07, 6.45) is 6.19. The van der Waals surface area contributed by atoms with Crippen molar-refractivity contribution in [3.8, 4) is 22.6 Å². The summed E-state index contributed by atoms with van der Waals surface area (Å²) in [5.74, 6) is -0.392. The van der Waals surface area contributed by atoms with Gasteiger partial charge < -0.3 is 9.47 Å². The van der Waals surface area contributed by atoms with Gasteiger partial charge in [-0.05, 0) is 48.2 Å². The van der Waals surface area contributed by atoms with E-state index >= 15 is 0 Å². The molecule has 142 valence electrons. The van der Waals surface area contributed by atoms with E-state index in [4.69, 9.17) is 9.47 Å². The summed E-state index contributed by atoms with van der Waals surface area (Å²) in [5.41, 5.74) is 1.22. The molecule has 0 fully saturated rings. The van der Waals surface area contributed by atoms with Crippen LogP contribution in [0.5, 0.6) is 11.5 Å². The van der Waals surface area contributed by atoms with Gasteiger partial charge in [0.25, 0.3) is 0 Å². The van der Waals surface area contributed by atoms with Crippen molar-refractivity contribution in [3.63, 3.8) is 0 Å². The normalized spacial score (nSPS) is 10.8. The second-order valence-electron chi connectivity index (χ2n) is 6.40. The van der Waals surface area contributed by atoms with E-state index in [0.717, 1.165) is 38.5 Å². The van der Waals surface area contributed by atoms with Crippen LogP contribution in [0.1, 0.15) is 52.4 Å². The predicted octanol–water partition coefficient (Wildman–Crippen LogP) is 6.77. The SMILES string of the molecule is CCCCCCOc1ccc(-c2ccc(OCCCC)c(F)c2)cc1F. The fourth-order valence-electron chi connectivity index (χ4n) is 2.63. The Hall–Kier alpha value is -2.10. The van der Waals surface area contributed by atoms with E-state index in [0.29, 0.717) is 24.3 Å². The lowest BCUT2D eigenvalue weighted by atomic mass is 10.0. The quantitative estimate of drug-likeness (QED) is 0.411. The van der Waals surface area contributed by atoms with Gasteiger partial charge in [-0.3, -0.25) is 0 Å². The fourth-order valence-corrected chi connectivity index (χ4v) is 2.63. The number of hydrogen-bond acceptors (Lipinski definition) is 2. The Balaban J connectivity index is 2.00. The van der Waals surface area contributed by atoms with Gasteiger partial charge in [0.05, 0.1) is 13.2 Å². The molecule has 2 nitrogen and oxygen atoms in total. The van der Waals surface area contributed by atoms with Crippen LogP contribution in [-0.2, 0) is 0 Å². The van der Waals surface area contributed by atoms with E-state index in [1.165, 1.54) is 12.1 Å². The van der Waals surface area contributed by atoms with Gasteiger partial charge in [-0.2, -0.15) is 0 Å². The van der Waals surface area contributed by atoms with Crippen LogP contribution >= 0.6 is 0 Å². The van der Waals surface area contributed by atoms with Crippen molar-refractivity contribution >= 4 is 0 Å². The van der Waals surface area contributed by atoms with Crippen LogP contribution < -0.4 is 9.47 Å². The first-order chi connectivity index (χ1) is 12.7. The lowest BCUT2D eigenvalue weighted by Gasteiger charge is -2.10. The van der Waals surface area contributed by atoms with Gasteiger partial charge >= 0.3 is 0 Å². The standard InChI is InChI=1S/C22H28F2O2/c1-3-5-7-8-14-26-22-12-10-18(16-20(22)24)17-9-11-21(19(23)15-17)25-13-6-4-2/h9-12,15-16H,3-8,13-14H2,1-2H3. The number of rotatable bonds is 11. The Bertz CT molecular complexity index is 686. The van der Waals surface area contributed by atoms with E-state index in [9.17, 15) is 8.78 Å². The highest BCUT2D eigenvalue weighted by Gasteiger charge is 2.10. The minimum absolute atomic E-state index is 0.231. The monoisotopic (exact) mass is 362 g/mol. The molecule has 0 radical (unpaired) electrons. The van der Waals surface area contributed by atoms with Crippen molar-refractivity contribution in [2.75, 3.05) is 13.2 Å². The smallest absolute Gasteiger partial charge is 0.165 e. The maximum absolute atomic E-state index is 14.3. The third-order valence-electron chi connectivity index (χ3n) is 4.21. The summed E-state index contributed by atoms with van der Waals surface area (Å²) in [4.78, 5) is 0. The zero-order valence-electron chi connectivity index (χ0n) is 15.7. The molecule has 0 atom stereocenters. The summed E-state index contributed by atoms with van der Waals surface area (Å²) in [7, 11) is 0. The van der Waals surface area contributed by atoms with Crippen molar-refractivity contribution in [3.05, 3.63) is 48.0 Å². The van der Waals surface area contributed by atoms with Gasteiger partial charge in [0.1, 0.15) is 0 Å². The van der Waals surface area contributed by atoms with Crippen LogP contribution in [-0.4, -0.2) is 13.2 Å².